The standard InChI is InChI=1S/C22H23ClN4O2/c23-18-6-8-19(9-7-18)29-20-11-13-26(14-12-20)22(28)21-16-27(25-24-21)15-10-17-4-2-1-3-5-17/h1-9,16,20H,10-15H2. The lowest BCUT2D eigenvalue weighted by molar-refractivity contribution is 0.0590. The molecule has 0 N–H and O–H groups in total. The predicted molar refractivity (Wildman–Crippen MR) is 111 cm³/mol. The number of carbonyl (C=O) groups is 1. The van der Waals surface area contributed by atoms with Crippen LogP contribution in [0.15, 0.2) is 60.8 Å². The highest BCUT2D eigenvalue weighted by Crippen LogP contribution is 2.21. The molecule has 0 atom stereocenters. The van der Waals surface area contributed by atoms with Crippen molar-refractivity contribution in [2.45, 2.75) is 31.9 Å². The molecule has 1 aliphatic heterocycles. The maximum Gasteiger partial charge on any atom is 0.276 e. The van der Waals surface area contributed by atoms with E-state index in [1.54, 1.807) is 10.9 Å². The molecule has 0 saturated carbocycles. The van der Waals surface area contributed by atoms with Gasteiger partial charge in [-0.2, -0.15) is 0 Å². The number of ether oxygens (including phenoxy) is 1. The minimum atomic E-state index is -0.0686. The van der Waals surface area contributed by atoms with E-state index < -0.39 is 0 Å². The number of piperidine rings is 1. The summed E-state index contributed by atoms with van der Waals surface area (Å²) in [5.41, 5.74) is 1.63. The van der Waals surface area contributed by atoms with Crippen molar-refractivity contribution in [3.63, 3.8) is 0 Å². The summed E-state index contributed by atoms with van der Waals surface area (Å²) in [6, 6.07) is 17.6. The van der Waals surface area contributed by atoms with Crippen LogP contribution in [0.1, 0.15) is 28.9 Å². The number of hydrogen-bond donors (Lipinski definition) is 0. The van der Waals surface area contributed by atoms with Gasteiger partial charge in [-0.05, 0) is 36.2 Å². The molecule has 0 aliphatic carbocycles. The Bertz CT molecular complexity index is 935. The molecule has 7 heteroatoms. The second kappa shape index (κ2) is 9.09. The molecular formula is C22H23ClN4O2. The van der Waals surface area contributed by atoms with Crippen LogP contribution in [0.25, 0.3) is 0 Å². The third kappa shape index (κ3) is 5.15. The van der Waals surface area contributed by atoms with E-state index in [1.807, 2.05) is 47.4 Å². The summed E-state index contributed by atoms with van der Waals surface area (Å²) in [6.45, 7) is 1.99. The van der Waals surface area contributed by atoms with Crippen molar-refractivity contribution in [2.75, 3.05) is 13.1 Å². The van der Waals surface area contributed by atoms with Crippen LogP contribution in [-0.4, -0.2) is 45.0 Å². The van der Waals surface area contributed by atoms with E-state index in [-0.39, 0.29) is 12.0 Å². The van der Waals surface area contributed by atoms with Crippen LogP contribution in [0.2, 0.25) is 5.02 Å². The van der Waals surface area contributed by atoms with Crippen molar-refractivity contribution in [2.24, 2.45) is 0 Å². The van der Waals surface area contributed by atoms with E-state index >= 15 is 0 Å². The fraction of sp³-hybridized carbons (Fsp3) is 0.318. The van der Waals surface area contributed by atoms with E-state index in [1.165, 1.54) is 5.56 Å². The van der Waals surface area contributed by atoms with E-state index in [0.717, 1.165) is 25.0 Å². The Morgan fingerprint density at radius 3 is 2.52 bits per heavy atom. The number of amides is 1. The van der Waals surface area contributed by atoms with Crippen LogP contribution < -0.4 is 4.74 Å². The smallest absolute Gasteiger partial charge is 0.276 e. The fourth-order valence-corrected chi connectivity index (χ4v) is 3.56. The first-order valence-electron chi connectivity index (χ1n) is 9.83. The Balaban J connectivity index is 1.27. The SMILES string of the molecule is O=C(c1cn(CCc2ccccc2)nn1)N1CCC(Oc2ccc(Cl)cc2)CC1. The summed E-state index contributed by atoms with van der Waals surface area (Å²) >= 11 is 5.91. The summed E-state index contributed by atoms with van der Waals surface area (Å²) in [5.74, 6) is 0.737. The van der Waals surface area contributed by atoms with E-state index in [2.05, 4.69) is 22.4 Å². The van der Waals surface area contributed by atoms with Crippen molar-refractivity contribution in [1.29, 1.82) is 0 Å². The molecule has 4 rings (SSSR count). The summed E-state index contributed by atoms with van der Waals surface area (Å²) in [5, 5.41) is 8.87. The van der Waals surface area contributed by atoms with Crippen LogP contribution in [0.4, 0.5) is 0 Å². The summed E-state index contributed by atoms with van der Waals surface area (Å²) in [7, 11) is 0. The second-order valence-corrected chi connectivity index (χ2v) is 7.60. The molecule has 0 bridgehead atoms. The zero-order chi connectivity index (χ0) is 20.1. The Kier molecular flexibility index (Phi) is 6.10. The fourth-order valence-electron chi connectivity index (χ4n) is 3.44. The van der Waals surface area contributed by atoms with Gasteiger partial charge < -0.3 is 9.64 Å². The third-order valence-corrected chi connectivity index (χ3v) is 5.33. The Hall–Kier alpha value is -2.86. The van der Waals surface area contributed by atoms with Gasteiger partial charge in [0, 0.05) is 37.5 Å². The molecule has 1 aliphatic rings. The van der Waals surface area contributed by atoms with E-state index in [4.69, 9.17) is 16.3 Å². The maximum absolute atomic E-state index is 12.7. The van der Waals surface area contributed by atoms with Crippen molar-refractivity contribution >= 4 is 17.5 Å². The topological polar surface area (TPSA) is 60.2 Å². The lowest BCUT2D eigenvalue weighted by atomic mass is 10.1. The number of hydrogen-bond acceptors (Lipinski definition) is 4. The average molecular weight is 411 g/mol. The molecule has 1 saturated heterocycles. The Morgan fingerprint density at radius 2 is 1.79 bits per heavy atom. The molecule has 6 nitrogen and oxygen atoms in total. The minimum absolute atomic E-state index is 0.0686. The van der Waals surface area contributed by atoms with Gasteiger partial charge in [-0.15, -0.1) is 5.10 Å². The summed E-state index contributed by atoms with van der Waals surface area (Å²) in [6.07, 6.45) is 4.27. The number of nitrogens with zero attached hydrogens (tertiary/aromatic N) is 4. The van der Waals surface area contributed by atoms with Gasteiger partial charge >= 0.3 is 0 Å². The molecule has 2 heterocycles. The predicted octanol–water partition coefficient (Wildman–Crippen LogP) is 3.86. The Morgan fingerprint density at radius 1 is 1.07 bits per heavy atom. The first-order chi connectivity index (χ1) is 14.2. The number of aromatic nitrogens is 3. The van der Waals surface area contributed by atoms with Crippen molar-refractivity contribution in [3.8, 4) is 5.75 Å². The first kappa shape index (κ1) is 19.5. The molecule has 0 radical (unpaired) electrons. The zero-order valence-corrected chi connectivity index (χ0v) is 16.8. The lowest BCUT2D eigenvalue weighted by Crippen LogP contribution is -2.41. The van der Waals surface area contributed by atoms with Gasteiger partial charge in [0.1, 0.15) is 11.9 Å². The third-order valence-electron chi connectivity index (χ3n) is 5.08. The molecular weight excluding hydrogens is 388 g/mol. The van der Waals surface area contributed by atoms with Crippen LogP contribution in [0.5, 0.6) is 5.75 Å². The van der Waals surface area contributed by atoms with E-state index in [0.29, 0.717) is 30.4 Å². The number of halogens is 1. The van der Waals surface area contributed by atoms with Crippen molar-refractivity contribution in [3.05, 3.63) is 77.1 Å². The molecule has 150 valence electrons. The summed E-state index contributed by atoms with van der Waals surface area (Å²) in [4.78, 5) is 14.6. The van der Waals surface area contributed by atoms with Crippen LogP contribution in [0.3, 0.4) is 0 Å². The van der Waals surface area contributed by atoms with Gasteiger partial charge in [0.05, 0.1) is 6.20 Å². The molecule has 0 spiro atoms. The molecule has 2 aromatic carbocycles. The van der Waals surface area contributed by atoms with Crippen molar-refractivity contribution in [1.82, 2.24) is 19.9 Å². The number of aryl methyl sites for hydroxylation is 2. The number of carbonyl (C=O) groups excluding carboxylic acids is 1. The van der Waals surface area contributed by atoms with Gasteiger partial charge in [0.25, 0.3) is 5.91 Å². The van der Waals surface area contributed by atoms with Gasteiger partial charge in [-0.25, -0.2) is 0 Å². The molecule has 3 aromatic rings. The van der Waals surface area contributed by atoms with Gasteiger partial charge in [0.2, 0.25) is 0 Å². The monoisotopic (exact) mass is 410 g/mol. The van der Waals surface area contributed by atoms with Crippen molar-refractivity contribution < 1.29 is 9.53 Å². The normalized spacial score (nSPS) is 14.7. The average Bonchev–Trinajstić information content (AvgIpc) is 3.24. The largest absolute Gasteiger partial charge is 0.490 e. The lowest BCUT2D eigenvalue weighted by Gasteiger charge is -2.31. The molecule has 1 amide bonds. The second-order valence-electron chi connectivity index (χ2n) is 7.17. The summed E-state index contributed by atoms with van der Waals surface area (Å²) < 4.78 is 7.73. The first-order valence-corrected chi connectivity index (χ1v) is 10.2. The minimum Gasteiger partial charge on any atom is -0.490 e. The highest BCUT2D eigenvalue weighted by molar-refractivity contribution is 6.30. The van der Waals surface area contributed by atoms with Crippen LogP contribution >= 0.6 is 11.6 Å². The molecule has 29 heavy (non-hydrogen) atoms. The number of rotatable bonds is 6. The van der Waals surface area contributed by atoms with Crippen LogP contribution in [0, 0.1) is 0 Å². The number of likely N-dealkylation sites (tertiary alicyclic amines) is 1. The van der Waals surface area contributed by atoms with Crippen LogP contribution in [-0.2, 0) is 13.0 Å². The van der Waals surface area contributed by atoms with Gasteiger partial charge in [-0.1, -0.05) is 47.1 Å². The van der Waals surface area contributed by atoms with E-state index in [9.17, 15) is 4.79 Å². The molecule has 1 fully saturated rings. The molecule has 0 unspecified atom stereocenters. The highest BCUT2D eigenvalue weighted by atomic mass is 35.5. The quantitative estimate of drug-likeness (QED) is 0.619. The maximum atomic E-state index is 12.7. The van der Waals surface area contributed by atoms with Gasteiger partial charge in [0.15, 0.2) is 5.69 Å². The highest BCUT2D eigenvalue weighted by Gasteiger charge is 2.26. The number of benzene rings is 2. The molecule has 1 aromatic heterocycles. The Labute approximate surface area is 175 Å². The van der Waals surface area contributed by atoms with Gasteiger partial charge in [-0.3, -0.25) is 9.48 Å². The zero-order valence-electron chi connectivity index (χ0n) is 16.1.